The molecule has 0 aromatic heterocycles. The summed E-state index contributed by atoms with van der Waals surface area (Å²) in [4.78, 5) is 25.5. The van der Waals surface area contributed by atoms with Gasteiger partial charge in [0, 0.05) is 25.8 Å². The van der Waals surface area contributed by atoms with Crippen LogP contribution in [0.25, 0.3) is 0 Å². The summed E-state index contributed by atoms with van der Waals surface area (Å²) in [6.45, 7) is 1.93. The Morgan fingerprint density at radius 2 is 1.84 bits per heavy atom. The van der Waals surface area contributed by atoms with Crippen molar-refractivity contribution in [3.8, 4) is 0 Å². The van der Waals surface area contributed by atoms with E-state index in [4.69, 9.17) is 14.6 Å². The zero-order chi connectivity index (χ0) is 17.8. The Kier molecular flexibility index (Phi) is 5.71. The van der Waals surface area contributed by atoms with Crippen molar-refractivity contribution in [3.05, 3.63) is 35.4 Å². The smallest absolute Gasteiger partial charge is 0.332 e. The van der Waals surface area contributed by atoms with E-state index in [1.807, 2.05) is 29.2 Å². The maximum absolute atomic E-state index is 12.6. The first-order valence-electron chi connectivity index (χ1n) is 8.84. The van der Waals surface area contributed by atoms with Gasteiger partial charge in [-0.25, -0.2) is 4.79 Å². The molecule has 1 N–H and O–H groups in total. The predicted octanol–water partition coefficient (Wildman–Crippen LogP) is 2.32. The molecule has 2 atom stereocenters. The summed E-state index contributed by atoms with van der Waals surface area (Å²) in [7, 11) is 1.65. The van der Waals surface area contributed by atoms with Crippen LogP contribution in [0, 0.1) is 5.92 Å². The summed E-state index contributed by atoms with van der Waals surface area (Å²) in [6.07, 6.45) is 2.49. The van der Waals surface area contributed by atoms with Gasteiger partial charge in [-0.05, 0) is 49.3 Å². The number of likely N-dealkylation sites (tertiary alicyclic amines) is 1. The molecule has 6 heteroatoms. The summed E-state index contributed by atoms with van der Waals surface area (Å²) < 4.78 is 10.7. The lowest BCUT2D eigenvalue weighted by atomic mass is 9.89. The van der Waals surface area contributed by atoms with Crippen LogP contribution in [-0.4, -0.2) is 54.3 Å². The average molecular weight is 347 g/mol. The number of carboxylic acids is 1. The highest BCUT2D eigenvalue weighted by Crippen LogP contribution is 2.32. The first-order chi connectivity index (χ1) is 12.1. The summed E-state index contributed by atoms with van der Waals surface area (Å²) in [5.41, 5.74) is 1.74. The van der Waals surface area contributed by atoms with Gasteiger partial charge in [-0.3, -0.25) is 4.79 Å². The number of carbonyl (C=O) groups is 2. The summed E-state index contributed by atoms with van der Waals surface area (Å²) in [6, 6.07) is 7.53. The number of aliphatic carboxylic acids is 1. The second kappa shape index (κ2) is 7.97. The second-order valence-corrected chi connectivity index (χ2v) is 6.84. The summed E-state index contributed by atoms with van der Waals surface area (Å²) in [5, 5.41) is 9.04. The first kappa shape index (κ1) is 17.9. The van der Waals surface area contributed by atoms with Gasteiger partial charge >= 0.3 is 5.97 Å². The molecule has 0 aliphatic carbocycles. The van der Waals surface area contributed by atoms with Crippen LogP contribution in [0.3, 0.4) is 0 Å². The molecule has 2 saturated heterocycles. The number of carboxylic acid groups (broad SMARTS) is 1. The quantitative estimate of drug-likeness (QED) is 0.885. The molecule has 3 rings (SSSR count). The van der Waals surface area contributed by atoms with Gasteiger partial charge in [0.1, 0.15) is 0 Å². The number of methoxy groups -OCH3 is 1. The van der Waals surface area contributed by atoms with Crippen molar-refractivity contribution in [2.24, 2.45) is 5.92 Å². The van der Waals surface area contributed by atoms with Crippen molar-refractivity contribution >= 4 is 11.9 Å². The van der Waals surface area contributed by atoms with Crippen LogP contribution in [-0.2, 0) is 20.9 Å². The molecule has 2 aliphatic heterocycles. The molecular weight excluding hydrogens is 322 g/mol. The third kappa shape index (κ3) is 4.19. The molecule has 0 spiro atoms. The van der Waals surface area contributed by atoms with Crippen LogP contribution >= 0.6 is 0 Å². The molecule has 1 aromatic rings. The Morgan fingerprint density at radius 1 is 1.16 bits per heavy atom. The van der Waals surface area contributed by atoms with E-state index >= 15 is 0 Å². The molecule has 136 valence electrons. The highest BCUT2D eigenvalue weighted by Gasteiger charge is 2.37. The molecular formula is C19H25NO5. The van der Waals surface area contributed by atoms with Crippen LogP contribution < -0.4 is 0 Å². The molecule has 0 saturated carbocycles. The zero-order valence-electron chi connectivity index (χ0n) is 14.5. The van der Waals surface area contributed by atoms with E-state index in [1.165, 1.54) is 0 Å². The average Bonchev–Trinajstić information content (AvgIpc) is 3.13. The van der Waals surface area contributed by atoms with Crippen molar-refractivity contribution in [3.63, 3.8) is 0 Å². The van der Waals surface area contributed by atoms with Gasteiger partial charge in [0.2, 0.25) is 0 Å². The third-order valence-electron chi connectivity index (χ3n) is 5.19. The van der Waals surface area contributed by atoms with E-state index in [0.717, 1.165) is 24.8 Å². The van der Waals surface area contributed by atoms with E-state index in [-0.39, 0.29) is 12.0 Å². The Bertz CT molecular complexity index is 607. The standard InChI is InChI=1S/C19H25NO5/c1-24-12-13-2-4-15(5-3-13)18(21)20-10-8-14(9-11-20)16-6-7-17(25-16)19(22)23/h2-5,14,16-17H,6-12H2,1H3,(H,22,23)/t16-,17+/m0/s1. The lowest BCUT2D eigenvalue weighted by Crippen LogP contribution is -2.41. The molecule has 6 nitrogen and oxygen atoms in total. The molecule has 1 amide bonds. The number of hydrogen-bond donors (Lipinski definition) is 1. The van der Waals surface area contributed by atoms with Gasteiger partial charge in [0.05, 0.1) is 12.7 Å². The van der Waals surface area contributed by atoms with Crippen LogP contribution in [0.15, 0.2) is 24.3 Å². The van der Waals surface area contributed by atoms with E-state index in [0.29, 0.717) is 37.6 Å². The maximum atomic E-state index is 12.6. The number of hydrogen-bond acceptors (Lipinski definition) is 4. The Labute approximate surface area is 147 Å². The van der Waals surface area contributed by atoms with E-state index in [1.54, 1.807) is 7.11 Å². The van der Waals surface area contributed by atoms with Crippen molar-refractivity contribution in [2.45, 2.75) is 44.5 Å². The fraction of sp³-hybridized carbons (Fsp3) is 0.579. The number of ether oxygens (including phenoxy) is 2. The molecule has 2 fully saturated rings. The molecule has 0 bridgehead atoms. The molecule has 0 unspecified atom stereocenters. The first-order valence-corrected chi connectivity index (χ1v) is 8.84. The Balaban J connectivity index is 1.51. The van der Waals surface area contributed by atoms with E-state index < -0.39 is 12.1 Å². The Morgan fingerprint density at radius 3 is 2.40 bits per heavy atom. The van der Waals surface area contributed by atoms with Crippen molar-refractivity contribution in [1.29, 1.82) is 0 Å². The van der Waals surface area contributed by atoms with Gasteiger partial charge in [-0.1, -0.05) is 12.1 Å². The molecule has 1 aromatic carbocycles. The van der Waals surface area contributed by atoms with Crippen molar-refractivity contribution in [1.82, 2.24) is 4.90 Å². The monoisotopic (exact) mass is 347 g/mol. The van der Waals surface area contributed by atoms with Crippen molar-refractivity contribution in [2.75, 3.05) is 20.2 Å². The Hall–Kier alpha value is -1.92. The predicted molar refractivity (Wildman–Crippen MR) is 91.3 cm³/mol. The van der Waals surface area contributed by atoms with Crippen LogP contribution in [0.4, 0.5) is 0 Å². The normalized spacial score (nSPS) is 24.4. The number of rotatable bonds is 5. The number of amides is 1. The number of benzene rings is 1. The lowest BCUT2D eigenvalue weighted by molar-refractivity contribution is -0.150. The highest BCUT2D eigenvalue weighted by atomic mass is 16.5. The van der Waals surface area contributed by atoms with Gasteiger partial charge < -0.3 is 19.5 Å². The minimum absolute atomic E-state index is 0.0201. The molecule has 2 heterocycles. The number of piperidine rings is 1. The summed E-state index contributed by atoms with van der Waals surface area (Å²) in [5.74, 6) is -0.470. The third-order valence-corrected chi connectivity index (χ3v) is 5.19. The lowest BCUT2D eigenvalue weighted by Gasteiger charge is -2.34. The van der Waals surface area contributed by atoms with Gasteiger partial charge in [0.25, 0.3) is 5.91 Å². The fourth-order valence-corrected chi connectivity index (χ4v) is 3.76. The molecule has 25 heavy (non-hydrogen) atoms. The second-order valence-electron chi connectivity index (χ2n) is 6.84. The molecule has 2 aliphatic rings. The largest absolute Gasteiger partial charge is 0.479 e. The van der Waals surface area contributed by atoms with Crippen LogP contribution in [0.5, 0.6) is 0 Å². The summed E-state index contributed by atoms with van der Waals surface area (Å²) >= 11 is 0. The van der Waals surface area contributed by atoms with E-state index in [2.05, 4.69) is 0 Å². The van der Waals surface area contributed by atoms with Crippen molar-refractivity contribution < 1.29 is 24.2 Å². The van der Waals surface area contributed by atoms with Gasteiger partial charge in [0.15, 0.2) is 6.10 Å². The molecule has 0 radical (unpaired) electrons. The minimum Gasteiger partial charge on any atom is -0.479 e. The topological polar surface area (TPSA) is 76.1 Å². The number of carbonyl (C=O) groups excluding carboxylic acids is 1. The number of nitrogens with zero attached hydrogens (tertiary/aromatic N) is 1. The van der Waals surface area contributed by atoms with Gasteiger partial charge in [-0.2, -0.15) is 0 Å². The maximum Gasteiger partial charge on any atom is 0.332 e. The van der Waals surface area contributed by atoms with Gasteiger partial charge in [-0.15, -0.1) is 0 Å². The zero-order valence-corrected chi connectivity index (χ0v) is 14.5. The minimum atomic E-state index is -0.868. The SMILES string of the molecule is COCc1ccc(C(=O)N2CCC([C@@H]3CC[C@H](C(=O)O)O3)CC2)cc1. The highest BCUT2D eigenvalue weighted by molar-refractivity contribution is 5.94. The van der Waals surface area contributed by atoms with Crippen LogP contribution in [0.1, 0.15) is 41.6 Å². The fourth-order valence-electron chi connectivity index (χ4n) is 3.76. The van der Waals surface area contributed by atoms with E-state index in [9.17, 15) is 9.59 Å². The van der Waals surface area contributed by atoms with Crippen LogP contribution in [0.2, 0.25) is 0 Å².